The number of methoxy groups -OCH3 is 1. The second-order valence-electron chi connectivity index (χ2n) is 8.45. The largest absolute Gasteiger partial charge is 0.504 e. The number of hydrogen-bond donors (Lipinski definition) is 0. The highest BCUT2D eigenvalue weighted by Gasteiger charge is 2.54. The fourth-order valence-electron chi connectivity index (χ4n) is 4.01. The van der Waals surface area contributed by atoms with E-state index in [1.54, 1.807) is 7.11 Å². The number of ether oxygens (including phenoxy) is 1. The van der Waals surface area contributed by atoms with Crippen LogP contribution in [0, 0.1) is 0 Å². The first kappa shape index (κ1) is 17.1. The first-order valence-electron chi connectivity index (χ1n) is 8.13. The second kappa shape index (κ2) is 5.73. The van der Waals surface area contributed by atoms with Gasteiger partial charge in [0.15, 0.2) is 0 Å². The van der Waals surface area contributed by atoms with E-state index >= 15 is 0 Å². The summed E-state index contributed by atoms with van der Waals surface area (Å²) in [5.41, 5.74) is 6.71. The summed E-state index contributed by atoms with van der Waals surface area (Å²) in [4.78, 5) is 0. The maximum atomic E-state index is 5.42. The van der Waals surface area contributed by atoms with Crippen LogP contribution in [0.5, 0.6) is 0 Å². The summed E-state index contributed by atoms with van der Waals surface area (Å²) >= 11 is 0. The lowest BCUT2D eigenvalue weighted by Gasteiger charge is -2.48. The van der Waals surface area contributed by atoms with Gasteiger partial charge in [-0.25, -0.2) is 0 Å². The van der Waals surface area contributed by atoms with Gasteiger partial charge in [-0.3, -0.25) is 0 Å². The van der Waals surface area contributed by atoms with Gasteiger partial charge in [-0.05, 0) is 32.8 Å². The minimum absolute atomic E-state index is 0.314. The summed E-state index contributed by atoms with van der Waals surface area (Å²) in [7, 11) is 0.0633. The summed E-state index contributed by atoms with van der Waals surface area (Å²) in [6, 6.07) is 11.9. The molecule has 1 nitrogen and oxygen atoms in total. The molecule has 0 unspecified atom stereocenters. The molecule has 2 heteroatoms. The zero-order chi connectivity index (χ0) is 16.6. The van der Waals surface area contributed by atoms with E-state index in [0.29, 0.717) is 10.1 Å². The molecule has 0 atom stereocenters. The molecule has 1 aliphatic heterocycles. The number of allylic oxidation sites excluding steroid dienone is 2. The minimum atomic E-state index is -1.69. The van der Waals surface area contributed by atoms with Gasteiger partial charge in [0.05, 0.1) is 21.4 Å². The third kappa shape index (κ3) is 2.81. The van der Waals surface area contributed by atoms with Crippen LogP contribution in [-0.4, -0.2) is 15.2 Å². The Morgan fingerprint density at radius 1 is 0.955 bits per heavy atom. The molecule has 0 spiro atoms. The van der Waals surface area contributed by atoms with E-state index in [-0.39, 0.29) is 0 Å². The van der Waals surface area contributed by atoms with Gasteiger partial charge >= 0.3 is 0 Å². The number of hydrogen-bond acceptors (Lipinski definition) is 1. The van der Waals surface area contributed by atoms with Crippen LogP contribution >= 0.6 is 0 Å². The van der Waals surface area contributed by atoms with E-state index in [9.17, 15) is 0 Å². The average Bonchev–Trinajstić information content (AvgIpc) is 2.80. The predicted molar refractivity (Wildman–Crippen MR) is 99.5 cm³/mol. The quantitative estimate of drug-likeness (QED) is 0.466. The van der Waals surface area contributed by atoms with Gasteiger partial charge in [0, 0.05) is 0 Å². The zero-order valence-electron chi connectivity index (χ0n) is 15.2. The van der Waals surface area contributed by atoms with Gasteiger partial charge in [0.2, 0.25) is 0 Å². The molecule has 0 radical (unpaired) electrons. The number of rotatable bonds is 2. The molecule has 120 valence electrons. The molecule has 0 saturated carbocycles. The molecule has 0 bridgehead atoms. The average molecular weight is 315 g/mol. The number of benzene rings is 1. The second-order valence-corrected chi connectivity index (χ2v) is 14.0. The summed E-state index contributed by atoms with van der Waals surface area (Å²) < 4.78 is 5.42. The molecule has 22 heavy (non-hydrogen) atoms. The highest BCUT2D eigenvalue weighted by molar-refractivity contribution is 6.92. The Kier molecular flexibility index (Phi) is 4.45. The van der Waals surface area contributed by atoms with E-state index in [1.165, 1.54) is 16.7 Å². The van der Waals surface area contributed by atoms with Gasteiger partial charge in [-0.1, -0.05) is 77.6 Å². The zero-order valence-corrected chi connectivity index (χ0v) is 16.2. The van der Waals surface area contributed by atoms with E-state index in [4.69, 9.17) is 4.74 Å². The van der Waals surface area contributed by atoms with Crippen LogP contribution in [0.3, 0.4) is 0 Å². The molecule has 0 aliphatic carbocycles. The molecule has 2 rings (SSSR count). The topological polar surface area (TPSA) is 9.23 Å². The molecule has 0 fully saturated rings. The fraction of sp³-hybridized carbons (Fsp3) is 0.500. The van der Waals surface area contributed by atoms with Crippen molar-refractivity contribution in [3.8, 4) is 0 Å². The van der Waals surface area contributed by atoms with Crippen molar-refractivity contribution >= 4 is 13.6 Å². The lowest BCUT2D eigenvalue weighted by atomic mass is 10.0. The molecule has 0 saturated heterocycles. The van der Waals surface area contributed by atoms with Crippen LogP contribution in [0.2, 0.25) is 16.1 Å². The van der Waals surface area contributed by atoms with Crippen molar-refractivity contribution in [2.75, 3.05) is 7.11 Å². The summed E-state index contributed by atoms with van der Waals surface area (Å²) in [6.45, 7) is 14.5. The van der Waals surface area contributed by atoms with Gasteiger partial charge in [0.1, 0.15) is 0 Å². The van der Waals surface area contributed by atoms with E-state index in [1.807, 2.05) is 6.26 Å². The molecule has 0 aromatic heterocycles. The Hall–Kier alpha value is -1.28. The van der Waals surface area contributed by atoms with Crippen LogP contribution < -0.4 is 0 Å². The van der Waals surface area contributed by atoms with Gasteiger partial charge < -0.3 is 4.74 Å². The lowest BCUT2D eigenvalue weighted by molar-refractivity contribution is 0.335. The molecule has 1 heterocycles. The van der Waals surface area contributed by atoms with E-state index < -0.39 is 8.07 Å². The summed E-state index contributed by atoms with van der Waals surface area (Å²) in [6.07, 6.45) is 1.96. The highest BCUT2D eigenvalue weighted by atomic mass is 28.3. The fourth-order valence-corrected chi connectivity index (χ4v) is 10.0. The first-order valence-corrected chi connectivity index (χ1v) is 10.4. The maximum Gasteiger partial charge on any atom is 0.0936 e. The lowest BCUT2D eigenvalue weighted by Crippen LogP contribution is -2.48. The minimum Gasteiger partial charge on any atom is -0.504 e. The van der Waals surface area contributed by atoms with Crippen molar-refractivity contribution in [1.82, 2.24) is 0 Å². The van der Waals surface area contributed by atoms with Gasteiger partial charge in [-0.15, -0.1) is 0 Å². The molecular weight excluding hydrogens is 284 g/mol. The Balaban J connectivity index is 2.66. The van der Waals surface area contributed by atoms with Gasteiger partial charge in [0.25, 0.3) is 0 Å². The summed E-state index contributed by atoms with van der Waals surface area (Å²) in [5, 5.41) is 0.628. The molecule has 0 N–H and O–H groups in total. The van der Waals surface area contributed by atoms with Crippen molar-refractivity contribution in [2.45, 2.75) is 57.7 Å². The molecule has 1 aliphatic rings. The Morgan fingerprint density at radius 2 is 1.50 bits per heavy atom. The SMILES string of the molecule is CO/C=C1\C[Si](C(C)(C)C)(C(C)(C)C)C=C1c1ccccc1. The van der Waals surface area contributed by atoms with E-state index in [0.717, 1.165) is 6.04 Å². The predicted octanol–water partition coefficient (Wildman–Crippen LogP) is 6.20. The first-order chi connectivity index (χ1) is 10.1. The molecule has 0 amide bonds. The normalized spacial score (nSPS) is 20.1. The maximum absolute atomic E-state index is 5.42. The monoisotopic (exact) mass is 314 g/mol. The standard InChI is InChI=1S/C20H30OSi/c1-19(2,3)22(20(4,5)6)14-17(13-21-7)18(15-22)16-11-9-8-10-12-16/h8-13,15H,14H2,1-7H3/b17-13+. The van der Waals surface area contributed by atoms with Crippen LogP contribution in [0.1, 0.15) is 47.1 Å². The van der Waals surface area contributed by atoms with Crippen molar-refractivity contribution in [3.05, 3.63) is 53.4 Å². The Labute approximate surface area is 137 Å². The van der Waals surface area contributed by atoms with Crippen LogP contribution in [-0.2, 0) is 4.74 Å². The molecular formula is C20H30OSi. The van der Waals surface area contributed by atoms with Gasteiger partial charge in [-0.2, -0.15) is 0 Å². The van der Waals surface area contributed by atoms with Crippen molar-refractivity contribution < 1.29 is 4.74 Å². The van der Waals surface area contributed by atoms with Crippen molar-refractivity contribution in [2.24, 2.45) is 0 Å². The molecule has 1 aromatic rings. The van der Waals surface area contributed by atoms with Crippen LogP contribution in [0.4, 0.5) is 0 Å². The van der Waals surface area contributed by atoms with Crippen molar-refractivity contribution in [1.29, 1.82) is 0 Å². The smallest absolute Gasteiger partial charge is 0.0936 e. The Bertz CT molecular complexity index is 568. The summed E-state index contributed by atoms with van der Waals surface area (Å²) in [5.74, 6) is 0. The van der Waals surface area contributed by atoms with Crippen LogP contribution in [0.15, 0.2) is 47.9 Å². The van der Waals surface area contributed by atoms with E-state index in [2.05, 4.69) is 77.6 Å². The Morgan fingerprint density at radius 3 is 1.95 bits per heavy atom. The third-order valence-corrected chi connectivity index (χ3v) is 12.3. The molecule has 1 aromatic carbocycles. The van der Waals surface area contributed by atoms with Crippen LogP contribution in [0.25, 0.3) is 5.57 Å². The van der Waals surface area contributed by atoms with Crippen molar-refractivity contribution in [3.63, 3.8) is 0 Å². The highest BCUT2D eigenvalue weighted by Crippen LogP contribution is 2.60. The third-order valence-electron chi connectivity index (χ3n) is 5.23.